The Kier molecular flexibility index (Phi) is 3.83. The first kappa shape index (κ1) is 12.8. The summed E-state index contributed by atoms with van der Waals surface area (Å²) in [6.45, 7) is 5.98. The molecule has 1 aromatic rings. The van der Waals surface area contributed by atoms with Gasteiger partial charge in [-0.25, -0.2) is 4.98 Å². The third kappa shape index (κ3) is 2.62. The SMILES string of the molecule is CCC1CN(c2cc(C#N)cc(C)n2)CCC1N. The van der Waals surface area contributed by atoms with Crippen molar-refractivity contribution in [3.63, 3.8) is 0 Å². The molecule has 1 saturated heterocycles. The monoisotopic (exact) mass is 244 g/mol. The zero-order chi connectivity index (χ0) is 13.1. The summed E-state index contributed by atoms with van der Waals surface area (Å²) in [5.41, 5.74) is 7.69. The third-order valence-electron chi connectivity index (χ3n) is 3.71. The maximum atomic E-state index is 9.01. The van der Waals surface area contributed by atoms with E-state index in [1.165, 1.54) is 0 Å². The molecule has 0 saturated carbocycles. The van der Waals surface area contributed by atoms with Crippen LogP contribution in [-0.2, 0) is 0 Å². The Balaban J connectivity index is 2.22. The highest BCUT2D eigenvalue weighted by molar-refractivity contribution is 5.47. The van der Waals surface area contributed by atoms with Crippen LogP contribution in [0, 0.1) is 24.2 Å². The molecule has 2 unspecified atom stereocenters. The van der Waals surface area contributed by atoms with E-state index in [0.29, 0.717) is 17.5 Å². The van der Waals surface area contributed by atoms with E-state index in [-0.39, 0.29) is 0 Å². The zero-order valence-corrected chi connectivity index (χ0v) is 11.1. The molecule has 0 aromatic carbocycles. The second-order valence-corrected chi connectivity index (χ2v) is 5.03. The van der Waals surface area contributed by atoms with Crippen LogP contribution in [0.4, 0.5) is 5.82 Å². The lowest BCUT2D eigenvalue weighted by atomic mass is 9.91. The topological polar surface area (TPSA) is 65.9 Å². The van der Waals surface area contributed by atoms with E-state index < -0.39 is 0 Å². The van der Waals surface area contributed by atoms with Crippen molar-refractivity contribution in [1.82, 2.24) is 4.98 Å². The molecule has 0 spiro atoms. The van der Waals surface area contributed by atoms with Crippen molar-refractivity contribution in [3.8, 4) is 6.07 Å². The fourth-order valence-electron chi connectivity index (χ4n) is 2.57. The minimum atomic E-state index is 0.298. The van der Waals surface area contributed by atoms with Crippen molar-refractivity contribution in [3.05, 3.63) is 23.4 Å². The Bertz CT molecular complexity index is 463. The molecule has 2 rings (SSSR count). The van der Waals surface area contributed by atoms with Crippen molar-refractivity contribution in [1.29, 1.82) is 5.26 Å². The van der Waals surface area contributed by atoms with E-state index in [0.717, 1.165) is 37.4 Å². The summed E-state index contributed by atoms with van der Waals surface area (Å²) in [5.74, 6) is 1.43. The van der Waals surface area contributed by atoms with Crippen LogP contribution in [0.2, 0.25) is 0 Å². The average Bonchev–Trinajstić information content (AvgIpc) is 2.38. The molecule has 2 atom stereocenters. The highest BCUT2D eigenvalue weighted by Crippen LogP contribution is 2.24. The van der Waals surface area contributed by atoms with Crippen molar-refractivity contribution in [2.24, 2.45) is 11.7 Å². The van der Waals surface area contributed by atoms with Gasteiger partial charge in [0.2, 0.25) is 0 Å². The number of rotatable bonds is 2. The number of pyridine rings is 1. The van der Waals surface area contributed by atoms with Crippen molar-refractivity contribution in [2.45, 2.75) is 32.7 Å². The van der Waals surface area contributed by atoms with Gasteiger partial charge in [0, 0.05) is 24.8 Å². The largest absolute Gasteiger partial charge is 0.356 e. The van der Waals surface area contributed by atoms with Gasteiger partial charge in [-0.2, -0.15) is 5.26 Å². The predicted octanol–water partition coefficient (Wildman–Crippen LogP) is 1.83. The fourth-order valence-corrected chi connectivity index (χ4v) is 2.57. The molecule has 4 nitrogen and oxygen atoms in total. The number of aromatic nitrogens is 1. The number of anilines is 1. The molecule has 0 radical (unpaired) electrons. The second kappa shape index (κ2) is 5.36. The molecule has 2 N–H and O–H groups in total. The molecule has 2 heterocycles. The normalized spacial score (nSPS) is 23.8. The quantitative estimate of drug-likeness (QED) is 0.862. The Morgan fingerprint density at radius 2 is 2.33 bits per heavy atom. The molecule has 0 aliphatic carbocycles. The zero-order valence-electron chi connectivity index (χ0n) is 11.1. The molecule has 0 amide bonds. The van der Waals surface area contributed by atoms with Gasteiger partial charge < -0.3 is 10.6 Å². The van der Waals surface area contributed by atoms with Crippen LogP contribution in [0.3, 0.4) is 0 Å². The van der Waals surface area contributed by atoms with Crippen LogP contribution in [-0.4, -0.2) is 24.1 Å². The van der Waals surface area contributed by atoms with Gasteiger partial charge in [0.25, 0.3) is 0 Å². The van der Waals surface area contributed by atoms with Crippen molar-refractivity contribution in [2.75, 3.05) is 18.0 Å². The number of piperidine rings is 1. The first-order valence-corrected chi connectivity index (χ1v) is 6.53. The lowest BCUT2D eigenvalue weighted by molar-refractivity contribution is 0.347. The molecular weight excluding hydrogens is 224 g/mol. The number of nitrogens with two attached hydrogens (primary N) is 1. The van der Waals surface area contributed by atoms with Crippen LogP contribution in [0.25, 0.3) is 0 Å². The minimum Gasteiger partial charge on any atom is -0.356 e. The summed E-state index contributed by atoms with van der Waals surface area (Å²) < 4.78 is 0. The molecule has 18 heavy (non-hydrogen) atoms. The van der Waals surface area contributed by atoms with Gasteiger partial charge in [-0.1, -0.05) is 13.3 Å². The molecular formula is C14H20N4. The van der Waals surface area contributed by atoms with Crippen LogP contribution in [0.5, 0.6) is 0 Å². The highest BCUT2D eigenvalue weighted by atomic mass is 15.2. The summed E-state index contributed by atoms with van der Waals surface area (Å²) >= 11 is 0. The lowest BCUT2D eigenvalue weighted by Crippen LogP contribution is -2.47. The van der Waals surface area contributed by atoms with Gasteiger partial charge in [-0.15, -0.1) is 0 Å². The molecule has 4 heteroatoms. The van der Waals surface area contributed by atoms with E-state index in [1.807, 2.05) is 19.1 Å². The van der Waals surface area contributed by atoms with Gasteiger partial charge in [-0.05, 0) is 31.4 Å². The Hall–Kier alpha value is -1.60. The Morgan fingerprint density at radius 3 is 3.00 bits per heavy atom. The lowest BCUT2D eigenvalue weighted by Gasteiger charge is -2.37. The molecule has 1 fully saturated rings. The highest BCUT2D eigenvalue weighted by Gasteiger charge is 2.26. The average molecular weight is 244 g/mol. The van der Waals surface area contributed by atoms with Gasteiger partial charge >= 0.3 is 0 Å². The van der Waals surface area contributed by atoms with Crippen LogP contribution < -0.4 is 10.6 Å². The fraction of sp³-hybridized carbons (Fsp3) is 0.571. The number of nitrogens with zero attached hydrogens (tertiary/aromatic N) is 3. The number of hydrogen-bond acceptors (Lipinski definition) is 4. The van der Waals surface area contributed by atoms with E-state index >= 15 is 0 Å². The van der Waals surface area contributed by atoms with Gasteiger partial charge in [0.05, 0.1) is 11.6 Å². The van der Waals surface area contributed by atoms with Gasteiger partial charge in [0.15, 0.2) is 0 Å². The Morgan fingerprint density at radius 1 is 1.56 bits per heavy atom. The first-order valence-electron chi connectivity index (χ1n) is 6.53. The van der Waals surface area contributed by atoms with Gasteiger partial charge in [0.1, 0.15) is 5.82 Å². The van der Waals surface area contributed by atoms with E-state index in [1.54, 1.807) is 0 Å². The number of nitriles is 1. The Labute approximate surface area is 108 Å². The summed E-state index contributed by atoms with van der Waals surface area (Å²) in [7, 11) is 0. The van der Waals surface area contributed by atoms with Crippen molar-refractivity contribution >= 4 is 5.82 Å². The standard InChI is InChI=1S/C14H20N4/c1-3-12-9-18(5-4-13(12)16)14-7-11(8-15)6-10(2)17-14/h6-7,12-13H,3-5,9,16H2,1-2H3. The molecule has 1 aromatic heterocycles. The maximum Gasteiger partial charge on any atom is 0.130 e. The van der Waals surface area contributed by atoms with E-state index in [9.17, 15) is 0 Å². The summed E-state index contributed by atoms with van der Waals surface area (Å²) in [4.78, 5) is 6.79. The van der Waals surface area contributed by atoms with Crippen LogP contribution in [0.1, 0.15) is 31.0 Å². The number of aryl methyl sites for hydroxylation is 1. The first-order chi connectivity index (χ1) is 8.63. The molecule has 96 valence electrons. The summed E-state index contributed by atoms with van der Waals surface area (Å²) in [5, 5.41) is 9.01. The summed E-state index contributed by atoms with van der Waals surface area (Å²) in [6, 6.07) is 6.18. The van der Waals surface area contributed by atoms with Gasteiger partial charge in [-0.3, -0.25) is 0 Å². The smallest absolute Gasteiger partial charge is 0.130 e. The van der Waals surface area contributed by atoms with Crippen molar-refractivity contribution < 1.29 is 0 Å². The van der Waals surface area contributed by atoms with Crippen LogP contribution in [0.15, 0.2) is 12.1 Å². The number of hydrogen-bond donors (Lipinski definition) is 1. The predicted molar refractivity (Wildman–Crippen MR) is 72.3 cm³/mol. The molecule has 1 aliphatic rings. The second-order valence-electron chi connectivity index (χ2n) is 5.03. The van der Waals surface area contributed by atoms with Crippen LogP contribution >= 0.6 is 0 Å². The minimum absolute atomic E-state index is 0.298. The van der Waals surface area contributed by atoms with E-state index in [2.05, 4.69) is 22.9 Å². The third-order valence-corrected chi connectivity index (χ3v) is 3.71. The molecule has 0 bridgehead atoms. The molecule has 1 aliphatic heterocycles. The maximum absolute atomic E-state index is 9.01. The van der Waals surface area contributed by atoms with E-state index in [4.69, 9.17) is 11.0 Å². The summed E-state index contributed by atoms with van der Waals surface area (Å²) in [6.07, 6.45) is 2.09.